The summed E-state index contributed by atoms with van der Waals surface area (Å²) in [5.74, 6) is 1.13. The highest BCUT2D eigenvalue weighted by Crippen LogP contribution is 2.23. The number of thioether (sulfide) groups is 1. The minimum absolute atomic E-state index is 0.508. The van der Waals surface area contributed by atoms with Gasteiger partial charge in [-0.1, -0.05) is 22.9 Å². The SMILES string of the molecule is CCCNC(CCC1CCCO1)CSc1ccc(Br)cc1. The van der Waals surface area contributed by atoms with E-state index < -0.39 is 0 Å². The molecule has 0 saturated carbocycles. The fraction of sp³-hybridized carbons (Fsp3) is 0.647. The first-order valence-electron chi connectivity index (χ1n) is 8.01. The minimum atomic E-state index is 0.508. The summed E-state index contributed by atoms with van der Waals surface area (Å²) in [4.78, 5) is 1.35. The Morgan fingerprint density at radius 1 is 1.38 bits per heavy atom. The average Bonchev–Trinajstić information content (AvgIpc) is 3.01. The smallest absolute Gasteiger partial charge is 0.0576 e. The summed E-state index contributed by atoms with van der Waals surface area (Å²) in [5.41, 5.74) is 0. The van der Waals surface area contributed by atoms with E-state index in [1.54, 1.807) is 0 Å². The molecule has 1 aliphatic heterocycles. The fourth-order valence-corrected chi connectivity index (χ4v) is 3.85. The van der Waals surface area contributed by atoms with Gasteiger partial charge in [-0.3, -0.25) is 0 Å². The highest BCUT2D eigenvalue weighted by atomic mass is 79.9. The fourth-order valence-electron chi connectivity index (χ4n) is 2.58. The molecule has 2 nitrogen and oxygen atoms in total. The third-order valence-corrected chi connectivity index (χ3v) is 5.51. The van der Waals surface area contributed by atoms with E-state index in [2.05, 4.69) is 52.4 Å². The van der Waals surface area contributed by atoms with E-state index in [-0.39, 0.29) is 0 Å². The second-order valence-electron chi connectivity index (χ2n) is 5.63. The summed E-state index contributed by atoms with van der Waals surface area (Å²) >= 11 is 5.43. The molecule has 0 aromatic heterocycles. The van der Waals surface area contributed by atoms with Crippen molar-refractivity contribution in [3.05, 3.63) is 28.7 Å². The number of rotatable bonds is 9. The molecule has 1 N–H and O–H groups in total. The molecule has 2 unspecified atom stereocenters. The average molecular weight is 372 g/mol. The second kappa shape index (κ2) is 9.88. The van der Waals surface area contributed by atoms with Crippen LogP contribution < -0.4 is 5.32 Å². The van der Waals surface area contributed by atoms with Crippen LogP contribution >= 0.6 is 27.7 Å². The standard InChI is InChI=1S/C17H26BrNOS/c1-2-11-19-15(7-8-16-4-3-12-20-16)13-21-17-9-5-14(18)6-10-17/h5-6,9-10,15-16,19H,2-4,7-8,11-13H2,1H3. The molecular weight excluding hydrogens is 346 g/mol. The van der Waals surface area contributed by atoms with E-state index in [1.165, 1.54) is 37.0 Å². The molecule has 2 rings (SSSR count). The van der Waals surface area contributed by atoms with Gasteiger partial charge in [-0.25, -0.2) is 0 Å². The Labute approximate surface area is 141 Å². The van der Waals surface area contributed by atoms with Gasteiger partial charge >= 0.3 is 0 Å². The van der Waals surface area contributed by atoms with Gasteiger partial charge in [0.2, 0.25) is 0 Å². The molecule has 0 radical (unpaired) electrons. The lowest BCUT2D eigenvalue weighted by molar-refractivity contribution is 0.100. The lowest BCUT2D eigenvalue weighted by Crippen LogP contribution is -2.32. The zero-order chi connectivity index (χ0) is 14.9. The van der Waals surface area contributed by atoms with Crippen LogP contribution in [0.25, 0.3) is 0 Å². The second-order valence-corrected chi connectivity index (χ2v) is 7.64. The zero-order valence-electron chi connectivity index (χ0n) is 12.8. The van der Waals surface area contributed by atoms with Crippen LogP contribution in [0.4, 0.5) is 0 Å². The molecule has 1 aromatic carbocycles. The summed E-state index contributed by atoms with van der Waals surface area (Å²) < 4.78 is 6.89. The summed E-state index contributed by atoms with van der Waals surface area (Å²) in [6.45, 7) is 4.30. The highest BCUT2D eigenvalue weighted by molar-refractivity contribution is 9.10. The van der Waals surface area contributed by atoms with Crippen LogP contribution in [0, 0.1) is 0 Å². The van der Waals surface area contributed by atoms with Gasteiger partial charge in [0, 0.05) is 27.8 Å². The Hall–Kier alpha value is -0.0300. The molecule has 1 fully saturated rings. The third kappa shape index (κ3) is 6.72. The number of benzene rings is 1. The maximum absolute atomic E-state index is 5.74. The first-order valence-corrected chi connectivity index (χ1v) is 9.79. The van der Waals surface area contributed by atoms with Crippen LogP contribution in [0.15, 0.2) is 33.6 Å². The molecule has 0 amide bonds. The molecule has 1 heterocycles. The van der Waals surface area contributed by atoms with E-state index in [4.69, 9.17) is 4.74 Å². The lowest BCUT2D eigenvalue weighted by atomic mass is 10.1. The summed E-state index contributed by atoms with van der Waals surface area (Å²) in [7, 11) is 0. The van der Waals surface area contributed by atoms with Crippen molar-refractivity contribution in [1.29, 1.82) is 0 Å². The number of halogens is 1. The number of hydrogen-bond donors (Lipinski definition) is 1. The van der Waals surface area contributed by atoms with E-state index in [0.29, 0.717) is 12.1 Å². The predicted octanol–water partition coefficient (Wildman–Crippen LogP) is 4.87. The molecular formula is C17H26BrNOS. The maximum Gasteiger partial charge on any atom is 0.0576 e. The summed E-state index contributed by atoms with van der Waals surface area (Å²) in [5, 5.41) is 3.69. The van der Waals surface area contributed by atoms with E-state index in [0.717, 1.165) is 23.4 Å². The van der Waals surface area contributed by atoms with Gasteiger partial charge in [0.25, 0.3) is 0 Å². The summed E-state index contributed by atoms with van der Waals surface area (Å²) in [6, 6.07) is 9.19. The number of ether oxygens (including phenoxy) is 1. The van der Waals surface area contributed by atoms with Crippen molar-refractivity contribution < 1.29 is 4.74 Å². The van der Waals surface area contributed by atoms with Gasteiger partial charge in [-0.15, -0.1) is 11.8 Å². The maximum atomic E-state index is 5.74. The molecule has 0 bridgehead atoms. The Morgan fingerprint density at radius 2 is 2.19 bits per heavy atom. The van der Waals surface area contributed by atoms with Crippen molar-refractivity contribution in [3.8, 4) is 0 Å². The quantitative estimate of drug-likeness (QED) is 0.625. The number of hydrogen-bond acceptors (Lipinski definition) is 3. The van der Waals surface area contributed by atoms with E-state index >= 15 is 0 Å². The Morgan fingerprint density at radius 3 is 2.86 bits per heavy atom. The van der Waals surface area contributed by atoms with Crippen molar-refractivity contribution in [2.75, 3.05) is 18.9 Å². The van der Waals surface area contributed by atoms with Crippen molar-refractivity contribution in [2.45, 2.75) is 56.1 Å². The molecule has 0 aliphatic carbocycles. The van der Waals surface area contributed by atoms with Crippen LogP contribution in [0.5, 0.6) is 0 Å². The third-order valence-electron chi connectivity index (χ3n) is 3.81. The monoisotopic (exact) mass is 371 g/mol. The predicted molar refractivity (Wildman–Crippen MR) is 95.2 cm³/mol. The van der Waals surface area contributed by atoms with Crippen LogP contribution in [0.2, 0.25) is 0 Å². The highest BCUT2D eigenvalue weighted by Gasteiger charge is 2.17. The van der Waals surface area contributed by atoms with Gasteiger partial charge < -0.3 is 10.1 Å². The van der Waals surface area contributed by atoms with Crippen LogP contribution in [0.3, 0.4) is 0 Å². The van der Waals surface area contributed by atoms with Crippen molar-refractivity contribution in [1.82, 2.24) is 5.32 Å². The number of nitrogens with one attached hydrogen (secondary N) is 1. The Kier molecular flexibility index (Phi) is 8.15. The van der Waals surface area contributed by atoms with Gasteiger partial charge in [0.05, 0.1) is 6.10 Å². The first-order chi connectivity index (χ1) is 10.3. The topological polar surface area (TPSA) is 21.3 Å². The molecule has 118 valence electrons. The molecule has 1 saturated heterocycles. The van der Waals surface area contributed by atoms with Crippen molar-refractivity contribution >= 4 is 27.7 Å². The van der Waals surface area contributed by atoms with E-state index in [1.807, 2.05) is 11.8 Å². The molecule has 1 aromatic rings. The Balaban J connectivity index is 1.75. The van der Waals surface area contributed by atoms with Gasteiger partial charge in [0.15, 0.2) is 0 Å². The molecule has 4 heteroatoms. The lowest BCUT2D eigenvalue weighted by Gasteiger charge is -2.20. The Bertz CT molecular complexity index is 392. The van der Waals surface area contributed by atoms with Crippen LogP contribution in [0.1, 0.15) is 39.0 Å². The van der Waals surface area contributed by atoms with Crippen LogP contribution in [-0.4, -0.2) is 31.1 Å². The van der Waals surface area contributed by atoms with Crippen molar-refractivity contribution in [2.24, 2.45) is 0 Å². The van der Waals surface area contributed by atoms with Gasteiger partial charge in [0.1, 0.15) is 0 Å². The largest absolute Gasteiger partial charge is 0.378 e. The molecule has 1 aliphatic rings. The summed E-state index contributed by atoms with van der Waals surface area (Å²) in [6.07, 6.45) is 6.61. The van der Waals surface area contributed by atoms with Gasteiger partial charge in [-0.05, 0) is 62.9 Å². The first kappa shape index (κ1) is 17.3. The minimum Gasteiger partial charge on any atom is -0.378 e. The normalized spacial score (nSPS) is 19.8. The molecule has 0 spiro atoms. The molecule has 21 heavy (non-hydrogen) atoms. The molecule has 2 atom stereocenters. The van der Waals surface area contributed by atoms with E-state index in [9.17, 15) is 0 Å². The zero-order valence-corrected chi connectivity index (χ0v) is 15.2. The van der Waals surface area contributed by atoms with Crippen LogP contribution in [-0.2, 0) is 4.74 Å². The van der Waals surface area contributed by atoms with Gasteiger partial charge in [-0.2, -0.15) is 0 Å². The van der Waals surface area contributed by atoms with Crippen molar-refractivity contribution in [3.63, 3.8) is 0 Å².